The Hall–Kier alpha value is -2.03. The molecule has 2 N–H and O–H groups in total. The van der Waals surface area contributed by atoms with E-state index >= 15 is 0 Å². The molecule has 1 aromatic carbocycles. The number of carbonyl (C=O) groups is 1. The van der Waals surface area contributed by atoms with Gasteiger partial charge in [0.05, 0.1) is 0 Å². The van der Waals surface area contributed by atoms with Crippen LogP contribution in [0.5, 0.6) is 0 Å². The number of hydrogen-bond acceptors (Lipinski definition) is 1. The standard InChI is InChI=1S/C15H17NO2/c1-3-10(2)11-4-6-12(7-5-11)13-8-9-14(16-13)15(17)18/h4-10,16H,3H2,1-2H3,(H,17,18). The molecular weight excluding hydrogens is 226 g/mol. The summed E-state index contributed by atoms with van der Waals surface area (Å²) in [6.07, 6.45) is 1.12. The smallest absolute Gasteiger partial charge is 0.352 e. The molecule has 0 aliphatic rings. The molecule has 0 aliphatic heterocycles. The lowest BCUT2D eigenvalue weighted by atomic mass is 9.97. The van der Waals surface area contributed by atoms with Gasteiger partial charge in [-0.1, -0.05) is 38.1 Å². The van der Waals surface area contributed by atoms with Crippen LogP contribution in [0.2, 0.25) is 0 Å². The van der Waals surface area contributed by atoms with Crippen molar-refractivity contribution in [2.75, 3.05) is 0 Å². The van der Waals surface area contributed by atoms with Gasteiger partial charge in [0, 0.05) is 5.69 Å². The first-order valence-corrected chi connectivity index (χ1v) is 6.14. The summed E-state index contributed by atoms with van der Waals surface area (Å²) in [7, 11) is 0. The fraction of sp³-hybridized carbons (Fsp3) is 0.267. The van der Waals surface area contributed by atoms with Gasteiger partial charge >= 0.3 is 5.97 Å². The number of carboxylic acids is 1. The Morgan fingerprint density at radius 3 is 2.39 bits per heavy atom. The molecule has 1 unspecified atom stereocenters. The molecule has 94 valence electrons. The third kappa shape index (κ3) is 2.45. The van der Waals surface area contributed by atoms with E-state index in [0.29, 0.717) is 5.92 Å². The van der Waals surface area contributed by atoms with E-state index in [1.54, 1.807) is 12.1 Å². The van der Waals surface area contributed by atoms with E-state index in [0.717, 1.165) is 17.7 Å². The zero-order valence-electron chi connectivity index (χ0n) is 10.6. The van der Waals surface area contributed by atoms with Crippen LogP contribution in [-0.2, 0) is 0 Å². The maximum absolute atomic E-state index is 10.8. The van der Waals surface area contributed by atoms with Gasteiger partial charge in [0.1, 0.15) is 5.69 Å². The van der Waals surface area contributed by atoms with Crippen LogP contribution in [-0.4, -0.2) is 16.1 Å². The van der Waals surface area contributed by atoms with Gasteiger partial charge in [-0.3, -0.25) is 0 Å². The summed E-state index contributed by atoms with van der Waals surface area (Å²) in [6.45, 7) is 4.37. The normalized spacial score (nSPS) is 12.3. The van der Waals surface area contributed by atoms with E-state index in [2.05, 4.69) is 31.0 Å². The van der Waals surface area contributed by atoms with Crippen LogP contribution < -0.4 is 0 Å². The number of aromatic carboxylic acids is 1. The van der Waals surface area contributed by atoms with Crippen LogP contribution >= 0.6 is 0 Å². The molecular formula is C15H17NO2. The summed E-state index contributed by atoms with van der Waals surface area (Å²) in [5, 5.41) is 8.86. The van der Waals surface area contributed by atoms with Crippen LogP contribution in [0.1, 0.15) is 42.2 Å². The Kier molecular flexibility index (Phi) is 3.51. The molecule has 0 amide bonds. The van der Waals surface area contributed by atoms with E-state index in [4.69, 9.17) is 5.11 Å². The average molecular weight is 243 g/mol. The first kappa shape index (κ1) is 12.4. The summed E-state index contributed by atoms with van der Waals surface area (Å²) < 4.78 is 0. The lowest BCUT2D eigenvalue weighted by molar-refractivity contribution is 0.0691. The van der Waals surface area contributed by atoms with Crippen molar-refractivity contribution in [3.05, 3.63) is 47.7 Å². The predicted octanol–water partition coefficient (Wildman–Crippen LogP) is 3.89. The van der Waals surface area contributed by atoms with Crippen molar-refractivity contribution in [3.63, 3.8) is 0 Å². The largest absolute Gasteiger partial charge is 0.477 e. The van der Waals surface area contributed by atoms with Crippen LogP contribution in [0.25, 0.3) is 11.3 Å². The predicted molar refractivity (Wildman–Crippen MR) is 71.9 cm³/mol. The SMILES string of the molecule is CCC(C)c1ccc(-c2ccc(C(=O)O)[nH]2)cc1. The van der Waals surface area contributed by atoms with Crippen molar-refractivity contribution in [1.82, 2.24) is 4.98 Å². The molecule has 2 rings (SSSR count). The summed E-state index contributed by atoms with van der Waals surface area (Å²) in [6, 6.07) is 11.6. The van der Waals surface area contributed by atoms with Gasteiger partial charge < -0.3 is 10.1 Å². The minimum absolute atomic E-state index is 0.219. The molecule has 0 aliphatic carbocycles. The van der Waals surface area contributed by atoms with Crippen LogP contribution in [0.4, 0.5) is 0 Å². The number of aromatic amines is 1. The molecule has 0 fully saturated rings. The van der Waals surface area contributed by atoms with Gasteiger partial charge in [-0.15, -0.1) is 0 Å². The molecule has 0 radical (unpaired) electrons. The molecule has 0 spiro atoms. The molecule has 1 heterocycles. The Bertz CT molecular complexity index is 540. The second-order valence-corrected chi connectivity index (χ2v) is 4.52. The highest BCUT2D eigenvalue weighted by Crippen LogP contribution is 2.23. The Morgan fingerprint density at radius 1 is 1.22 bits per heavy atom. The third-order valence-electron chi connectivity index (χ3n) is 3.32. The maximum Gasteiger partial charge on any atom is 0.352 e. The van der Waals surface area contributed by atoms with E-state index in [-0.39, 0.29) is 5.69 Å². The first-order valence-electron chi connectivity index (χ1n) is 6.14. The first-order chi connectivity index (χ1) is 8.61. The third-order valence-corrected chi connectivity index (χ3v) is 3.32. The number of H-pyrrole nitrogens is 1. The second-order valence-electron chi connectivity index (χ2n) is 4.52. The Morgan fingerprint density at radius 2 is 1.89 bits per heavy atom. The van der Waals surface area contributed by atoms with Gasteiger partial charge in [0.25, 0.3) is 0 Å². The van der Waals surface area contributed by atoms with Crippen LogP contribution in [0.3, 0.4) is 0 Å². The Labute approximate surface area is 106 Å². The molecule has 0 saturated carbocycles. The number of rotatable bonds is 4. The summed E-state index contributed by atoms with van der Waals surface area (Å²) in [4.78, 5) is 13.7. The molecule has 3 nitrogen and oxygen atoms in total. The van der Waals surface area contributed by atoms with Crippen molar-refractivity contribution in [3.8, 4) is 11.3 Å². The molecule has 3 heteroatoms. The van der Waals surface area contributed by atoms with Crippen LogP contribution in [0.15, 0.2) is 36.4 Å². The fourth-order valence-electron chi connectivity index (χ4n) is 1.92. The topological polar surface area (TPSA) is 53.1 Å². The number of hydrogen-bond donors (Lipinski definition) is 2. The van der Waals surface area contributed by atoms with Crippen molar-refractivity contribution < 1.29 is 9.90 Å². The number of aromatic nitrogens is 1. The number of carboxylic acid groups (broad SMARTS) is 1. The van der Waals surface area contributed by atoms with Crippen molar-refractivity contribution in [2.45, 2.75) is 26.2 Å². The van der Waals surface area contributed by atoms with E-state index in [1.807, 2.05) is 12.1 Å². The molecule has 18 heavy (non-hydrogen) atoms. The zero-order valence-corrected chi connectivity index (χ0v) is 10.6. The fourth-order valence-corrected chi connectivity index (χ4v) is 1.92. The van der Waals surface area contributed by atoms with E-state index < -0.39 is 5.97 Å². The highest BCUT2D eigenvalue weighted by Gasteiger charge is 2.08. The summed E-state index contributed by atoms with van der Waals surface area (Å²) in [5.74, 6) is -0.380. The molecule has 1 atom stereocenters. The van der Waals surface area contributed by atoms with Crippen molar-refractivity contribution >= 4 is 5.97 Å². The quantitative estimate of drug-likeness (QED) is 0.855. The number of benzene rings is 1. The van der Waals surface area contributed by atoms with Crippen LogP contribution in [0, 0.1) is 0 Å². The lowest BCUT2D eigenvalue weighted by Gasteiger charge is -2.09. The zero-order chi connectivity index (χ0) is 13.1. The van der Waals surface area contributed by atoms with E-state index in [1.165, 1.54) is 5.56 Å². The molecule has 0 saturated heterocycles. The van der Waals surface area contributed by atoms with Crippen molar-refractivity contribution in [1.29, 1.82) is 0 Å². The van der Waals surface area contributed by atoms with Gasteiger partial charge in [-0.25, -0.2) is 4.79 Å². The maximum atomic E-state index is 10.8. The highest BCUT2D eigenvalue weighted by atomic mass is 16.4. The lowest BCUT2D eigenvalue weighted by Crippen LogP contribution is -1.95. The van der Waals surface area contributed by atoms with Crippen molar-refractivity contribution in [2.24, 2.45) is 0 Å². The summed E-state index contributed by atoms with van der Waals surface area (Å²) in [5.41, 5.74) is 3.37. The van der Waals surface area contributed by atoms with Gasteiger partial charge in [0.15, 0.2) is 0 Å². The minimum atomic E-state index is -0.933. The highest BCUT2D eigenvalue weighted by molar-refractivity contribution is 5.86. The van der Waals surface area contributed by atoms with Gasteiger partial charge in [-0.05, 0) is 35.6 Å². The molecule has 1 aromatic heterocycles. The average Bonchev–Trinajstić information content (AvgIpc) is 2.88. The monoisotopic (exact) mass is 243 g/mol. The second kappa shape index (κ2) is 5.08. The molecule has 2 aromatic rings. The molecule has 0 bridgehead atoms. The summed E-state index contributed by atoms with van der Waals surface area (Å²) >= 11 is 0. The van der Waals surface area contributed by atoms with E-state index in [9.17, 15) is 4.79 Å². The number of nitrogens with one attached hydrogen (secondary N) is 1. The van der Waals surface area contributed by atoms with Gasteiger partial charge in [0.2, 0.25) is 0 Å². The minimum Gasteiger partial charge on any atom is -0.477 e. The Balaban J connectivity index is 2.25. The van der Waals surface area contributed by atoms with Gasteiger partial charge in [-0.2, -0.15) is 0 Å².